The molecule has 1 unspecified atom stereocenters. The van der Waals surface area contributed by atoms with Gasteiger partial charge in [-0.15, -0.1) is 0 Å². The highest BCUT2D eigenvalue weighted by molar-refractivity contribution is 4.52. The second kappa shape index (κ2) is 9.47. The molecular weight excluding hydrogens is 174 g/mol. The van der Waals surface area contributed by atoms with Gasteiger partial charge in [0.1, 0.15) is 0 Å². The summed E-state index contributed by atoms with van der Waals surface area (Å²) in [5.41, 5.74) is 0. The molecule has 0 radical (unpaired) electrons. The number of unbranched alkanes of at least 4 members (excludes halogenated alkanes) is 1. The van der Waals surface area contributed by atoms with Crippen LogP contribution in [0.1, 0.15) is 47.0 Å². The van der Waals surface area contributed by atoms with Crippen LogP contribution >= 0.6 is 0 Å². The summed E-state index contributed by atoms with van der Waals surface area (Å²) in [6.45, 7) is 11.9. The molecule has 0 aliphatic carbocycles. The Kier molecular flexibility index (Phi) is 9.42. The molecule has 0 rings (SSSR count). The van der Waals surface area contributed by atoms with E-state index in [2.05, 4.69) is 33.0 Å². The SMILES string of the molecule is CCC(C)OCCCCNCC(C)C. The third kappa shape index (κ3) is 10.0. The fourth-order valence-corrected chi connectivity index (χ4v) is 1.15. The Morgan fingerprint density at radius 3 is 2.43 bits per heavy atom. The van der Waals surface area contributed by atoms with Gasteiger partial charge in [0.25, 0.3) is 0 Å². The molecule has 1 atom stereocenters. The average molecular weight is 201 g/mol. The molecule has 0 saturated heterocycles. The van der Waals surface area contributed by atoms with Crippen molar-refractivity contribution in [2.75, 3.05) is 19.7 Å². The Hall–Kier alpha value is -0.0800. The highest BCUT2D eigenvalue weighted by atomic mass is 16.5. The topological polar surface area (TPSA) is 21.3 Å². The maximum absolute atomic E-state index is 5.59. The molecule has 0 amide bonds. The summed E-state index contributed by atoms with van der Waals surface area (Å²) < 4.78 is 5.59. The zero-order valence-electron chi connectivity index (χ0n) is 10.3. The summed E-state index contributed by atoms with van der Waals surface area (Å²) in [4.78, 5) is 0. The van der Waals surface area contributed by atoms with Gasteiger partial charge < -0.3 is 10.1 Å². The average Bonchev–Trinajstić information content (AvgIpc) is 2.15. The molecule has 2 heteroatoms. The van der Waals surface area contributed by atoms with E-state index in [9.17, 15) is 0 Å². The number of nitrogens with one attached hydrogen (secondary N) is 1. The van der Waals surface area contributed by atoms with Crippen LogP contribution in [0.25, 0.3) is 0 Å². The van der Waals surface area contributed by atoms with Gasteiger partial charge >= 0.3 is 0 Å². The van der Waals surface area contributed by atoms with E-state index in [-0.39, 0.29) is 0 Å². The standard InChI is InChI=1S/C12H27NO/c1-5-12(4)14-9-7-6-8-13-10-11(2)3/h11-13H,5-10H2,1-4H3. The first-order chi connectivity index (χ1) is 6.66. The number of rotatable bonds is 9. The van der Waals surface area contributed by atoms with Crippen molar-refractivity contribution < 1.29 is 4.74 Å². The van der Waals surface area contributed by atoms with Crippen LogP contribution in [-0.4, -0.2) is 25.8 Å². The third-order valence-corrected chi connectivity index (χ3v) is 2.28. The molecule has 0 fully saturated rings. The van der Waals surface area contributed by atoms with Gasteiger partial charge in [-0.2, -0.15) is 0 Å². The minimum atomic E-state index is 0.429. The van der Waals surface area contributed by atoms with E-state index < -0.39 is 0 Å². The maximum Gasteiger partial charge on any atom is 0.0544 e. The van der Waals surface area contributed by atoms with Crippen LogP contribution in [0.2, 0.25) is 0 Å². The van der Waals surface area contributed by atoms with Gasteiger partial charge in [0.05, 0.1) is 6.10 Å². The zero-order chi connectivity index (χ0) is 10.8. The normalized spacial score (nSPS) is 13.5. The van der Waals surface area contributed by atoms with Crippen LogP contribution in [0.15, 0.2) is 0 Å². The first-order valence-corrected chi connectivity index (χ1v) is 5.99. The van der Waals surface area contributed by atoms with Gasteiger partial charge in [-0.1, -0.05) is 20.8 Å². The van der Waals surface area contributed by atoms with Crippen LogP contribution < -0.4 is 5.32 Å². The molecule has 0 aromatic rings. The molecule has 1 N–H and O–H groups in total. The summed E-state index contributed by atoms with van der Waals surface area (Å²) in [6, 6.07) is 0. The lowest BCUT2D eigenvalue weighted by Gasteiger charge is -2.10. The van der Waals surface area contributed by atoms with E-state index in [0.29, 0.717) is 6.10 Å². The van der Waals surface area contributed by atoms with Crippen LogP contribution in [-0.2, 0) is 4.74 Å². The van der Waals surface area contributed by atoms with Gasteiger partial charge in [-0.3, -0.25) is 0 Å². The van der Waals surface area contributed by atoms with Crippen molar-refractivity contribution in [2.24, 2.45) is 5.92 Å². The van der Waals surface area contributed by atoms with E-state index in [4.69, 9.17) is 4.74 Å². The Balaban J connectivity index is 2.99. The summed E-state index contributed by atoms with van der Waals surface area (Å²) in [6.07, 6.45) is 3.95. The molecular formula is C12H27NO. The van der Waals surface area contributed by atoms with E-state index >= 15 is 0 Å². The summed E-state index contributed by atoms with van der Waals surface area (Å²) in [5, 5.41) is 3.43. The lowest BCUT2D eigenvalue weighted by atomic mass is 10.2. The van der Waals surface area contributed by atoms with Crippen molar-refractivity contribution in [3.8, 4) is 0 Å². The molecule has 0 aliphatic rings. The predicted molar refractivity (Wildman–Crippen MR) is 62.6 cm³/mol. The quantitative estimate of drug-likeness (QED) is 0.579. The summed E-state index contributed by atoms with van der Waals surface area (Å²) in [7, 11) is 0. The van der Waals surface area contributed by atoms with Gasteiger partial charge in [-0.05, 0) is 45.2 Å². The molecule has 0 bridgehead atoms. The van der Waals surface area contributed by atoms with Crippen LogP contribution in [0.3, 0.4) is 0 Å². The van der Waals surface area contributed by atoms with Crippen molar-refractivity contribution in [3.63, 3.8) is 0 Å². The fourth-order valence-electron chi connectivity index (χ4n) is 1.15. The lowest BCUT2D eigenvalue weighted by Crippen LogP contribution is -2.21. The van der Waals surface area contributed by atoms with Crippen LogP contribution in [0, 0.1) is 5.92 Å². The van der Waals surface area contributed by atoms with E-state index in [1.807, 2.05) is 0 Å². The number of hydrogen-bond donors (Lipinski definition) is 1. The van der Waals surface area contributed by atoms with Crippen LogP contribution in [0.5, 0.6) is 0 Å². The van der Waals surface area contributed by atoms with Gasteiger partial charge in [0.15, 0.2) is 0 Å². The highest BCUT2D eigenvalue weighted by Crippen LogP contribution is 1.98. The Labute approximate surface area is 89.4 Å². The first-order valence-electron chi connectivity index (χ1n) is 5.99. The molecule has 0 aliphatic heterocycles. The van der Waals surface area contributed by atoms with Crippen molar-refractivity contribution in [3.05, 3.63) is 0 Å². The van der Waals surface area contributed by atoms with Crippen molar-refractivity contribution in [1.82, 2.24) is 5.32 Å². The van der Waals surface area contributed by atoms with Crippen molar-refractivity contribution in [2.45, 2.75) is 53.1 Å². The highest BCUT2D eigenvalue weighted by Gasteiger charge is 1.97. The molecule has 0 spiro atoms. The number of ether oxygens (including phenoxy) is 1. The first kappa shape index (κ1) is 13.9. The van der Waals surface area contributed by atoms with Gasteiger partial charge in [-0.25, -0.2) is 0 Å². The minimum absolute atomic E-state index is 0.429. The molecule has 2 nitrogen and oxygen atoms in total. The van der Waals surface area contributed by atoms with Gasteiger partial charge in [0.2, 0.25) is 0 Å². The zero-order valence-corrected chi connectivity index (χ0v) is 10.3. The molecule has 0 aromatic heterocycles. The Bertz CT molecular complexity index is 115. The molecule has 0 aromatic carbocycles. The largest absolute Gasteiger partial charge is 0.379 e. The van der Waals surface area contributed by atoms with Crippen LogP contribution in [0.4, 0.5) is 0 Å². The van der Waals surface area contributed by atoms with Crippen molar-refractivity contribution in [1.29, 1.82) is 0 Å². The molecule has 0 saturated carbocycles. The smallest absolute Gasteiger partial charge is 0.0544 e. The Morgan fingerprint density at radius 1 is 1.14 bits per heavy atom. The number of hydrogen-bond acceptors (Lipinski definition) is 2. The lowest BCUT2D eigenvalue weighted by molar-refractivity contribution is 0.0611. The molecule has 86 valence electrons. The maximum atomic E-state index is 5.59. The van der Waals surface area contributed by atoms with E-state index in [1.165, 1.54) is 12.8 Å². The Morgan fingerprint density at radius 2 is 1.86 bits per heavy atom. The molecule has 14 heavy (non-hydrogen) atoms. The second-order valence-corrected chi connectivity index (χ2v) is 4.39. The summed E-state index contributed by atoms with van der Waals surface area (Å²) >= 11 is 0. The molecule has 0 heterocycles. The van der Waals surface area contributed by atoms with E-state index in [1.54, 1.807) is 0 Å². The fraction of sp³-hybridized carbons (Fsp3) is 1.00. The predicted octanol–water partition coefficient (Wildman–Crippen LogP) is 2.83. The monoisotopic (exact) mass is 201 g/mol. The van der Waals surface area contributed by atoms with Crippen molar-refractivity contribution >= 4 is 0 Å². The summed E-state index contributed by atoms with van der Waals surface area (Å²) in [5.74, 6) is 0.756. The van der Waals surface area contributed by atoms with E-state index in [0.717, 1.165) is 32.0 Å². The van der Waals surface area contributed by atoms with Gasteiger partial charge in [0, 0.05) is 6.61 Å². The second-order valence-electron chi connectivity index (χ2n) is 4.39. The third-order valence-electron chi connectivity index (χ3n) is 2.28. The minimum Gasteiger partial charge on any atom is -0.379 e.